The number of nitrogens with zero attached hydrogens (tertiary/aromatic N) is 2. The van der Waals surface area contributed by atoms with Crippen LogP contribution < -0.4 is 16.0 Å². The van der Waals surface area contributed by atoms with Gasteiger partial charge in [-0.25, -0.2) is 4.79 Å². The van der Waals surface area contributed by atoms with Gasteiger partial charge < -0.3 is 20.5 Å². The fraction of sp³-hybridized carbons (Fsp3) is 0.304. The van der Waals surface area contributed by atoms with Gasteiger partial charge in [0.05, 0.1) is 5.92 Å². The first-order valence-electron chi connectivity index (χ1n) is 10.3. The van der Waals surface area contributed by atoms with Gasteiger partial charge in [-0.05, 0) is 18.4 Å². The zero-order valence-corrected chi connectivity index (χ0v) is 17.2. The summed E-state index contributed by atoms with van der Waals surface area (Å²) in [5.74, 6) is 0.392. The predicted molar refractivity (Wildman–Crippen MR) is 115 cm³/mol. The highest BCUT2D eigenvalue weighted by molar-refractivity contribution is 5.79. The average molecular weight is 419 g/mol. The van der Waals surface area contributed by atoms with Crippen molar-refractivity contribution in [2.45, 2.75) is 31.3 Å². The highest BCUT2D eigenvalue weighted by Crippen LogP contribution is 2.38. The Morgan fingerprint density at radius 3 is 2.45 bits per heavy atom. The van der Waals surface area contributed by atoms with Gasteiger partial charge in [0.25, 0.3) is 0 Å². The molecule has 160 valence electrons. The van der Waals surface area contributed by atoms with Crippen molar-refractivity contribution in [3.8, 4) is 11.4 Å². The number of aromatic nitrogens is 2. The van der Waals surface area contributed by atoms with Crippen molar-refractivity contribution in [2.75, 3.05) is 7.05 Å². The molecule has 3 aromatic rings. The van der Waals surface area contributed by atoms with Crippen LogP contribution in [0.1, 0.15) is 30.2 Å². The van der Waals surface area contributed by atoms with Crippen molar-refractivity contribution in [1.29, 1.82) is 0 Å². The second-order valence-corrected chi connectivity index (χ2v) is 7.63. The van der Waals surface area contributed by atoms with Crippen molar-refractivity contribution < 1.29 is 14.1 Å². The van der Waals surface area contributed by atoms with Gasteiger partial charge in [-0.1, -0.05) is 65.8 Å². The lowest BCUT2D eigenvalue weighted by atomic mass is 10.0. The molecule has 1 aliphatic carbocycles. The third-order valence-electron chi connectivity index (χ3n) is 5.58. The molecule has 1 aliphatic rings. The molecule has 3 atom stereocenters. The fourth-order valence-corrected chi connectivity index (χ4v) is 3.98. The summed E-state index contributed by atoms with van der Waals surface area (Å²) < 4.78 is 5.54. The Kier molecular flexibility index (Phi) is 6.26. The molecule has 8 nitrogen and oxygen atoms in total. The molecule has 1 aromatic heterocycles. The number of hydrogen-bond donors (Lipinski definition) is 3. The monoisotopic (exact) mass is 419 g/mol. The number of rotatable bonds is 6. The molecule has 0 aliphatic heterocycles. The first-order valence-corrected chi connectivity index (χ1v) is 10.3. The molecule has 1 heterocycles. The third-order valence-corrected chi connectivity index (χ3v) is 5.58. The van der Waals surface area contributed by atoms with E-state index in [-0.39, 0.29) is 29.8 Å². The van der Waals surface area contributed by atoms with E-state index in [4.69, 9.17) is 4.52 Å². The van der Waals surface area contributed by atoms with Gasteiger partial charge in [0.15, 0.2) is 0 Å². The van der Waals surface area contributed by atoms with E-state index < -0.39 is 0 Å². The summed E-state index contributed by atoms with van der Waals surface area (Å²) >= 11 is 0. The van der Waals surface area contributed by atoms with Crippen LogP contribution in [-0.4, -0.2) is 35.2 Å². The molecular weight excluding hydrogens is 394 g/mol. The molecule has 0 spiro atoms. The minimum atomic E-state index is -0.292. The van der Waals surface area contributed by atoms with Crippen LogP contribution in [0, 0.1) is 5.92 Å². The number of urea groups is 1. The standard InChI is InChI=1S/C23H25N5O3/c1-24-21(29)17-12-18(22-27-20(28-31-22)16-10-6-3-7-11-16)19(13-17)26-23(30)25-14-15-8-4-2-5-9-15/h2-11,17-19H,12-14H2,1H3,(H,24,29)(H2,25,26,30). The molecule has 2 aromatic carbocycles. The normalized spacial score (nSPS) is 20.2. The molecule has 0 bridgehead atoms. The number of nitrogens with one attached hydrogen (secondary N) is 3. The lowest BCUT2D eigenvalue weighted by Gasteiger charge is -2.18. The molecule has 0 radical (unpaired) electrons. The van der Waals surface area contributed by atoms with Crippen LogP contribution in [0.15, 0.2) is 65.2 Å². The Balaban J connectivity index is 1.47. The number of benzene rings is 2. The SMILES string of the molecule is CNC(=O)C1CC(NC(=O)NCc2ccccc2)C(c2nc(-c3ccccc3)no2)C1. The molecule has 3 N–H and O–H groups in total. The van der Waals surface area contributed by atoms with Gasteiger partial charge in [0, 0.05) is 31.1 Å². The summed E-state index contributed by atoms with van der Waals surface area (Å²) in [6, 6.07) is 18.6. The van der Waals surface area contributed by atoms with Crippen molar-refractivity contribution in [2.24, 2.45) is 5.92 Å². The van der Waals surface area contributed by atoms with E-state index in [0.29, 0.717) is 31.1 Å². The lowest BCUT2D eigenvalue weighted by molar-refractivity contribution is -0.124. The van der Waals surface area contributed by atoms with Crippen molar-refractivity contribution in [1.82, 2.24) is 26.1 Å². The number of hydrogen-bond acceptors (Lipinski definition) is 5. The number of carbonyl (C=O) groups is 2. The highest BCUT2D eigenvalue weighted by Gasteiger charge is 2.42. The summed E-state index contributed by atoms with van der Waals surface area (Å²) in [4.78, 5) is 29.3. The summed E-state index contributed by atoms with van der Waals surface area (Å²) in [5, 5.41) is 12.7. The Morgan fingerprint density at radius 2 is 1.74 bits per heavy atom. The average Bonchev–Trinajstić information content (AvgIpc) is 3.46. The zero-order valence-electron chi connectivity index (χ0n) is 17.2. The van der Waals surface area contributed by atoms with E-state index in [0.717, 1.165) is 11.1 Å². The van der Waals surface area contributed by atoms with Crippen LogP contribution in [0.25, 0.3) is 11.4 Å². The van der Waals surface area contributed by atoms with Crippen LogP contribution >= 0.6 is 0 Å². The molecule has 4 rings (SSSR count). The van der Waals surface area contributed by atoms with E-state index in [9.17, 15) is 9.59 Å². The van der Waals surface area contributed by atoms with Gasteiger partial charge in [0.1, 0.15) is 0 Å². The van der Waals surface area contributed by atoms with E-state index >= 15 is 0 Å². The number of carbonyl (C=O) groups excluding carboxylic acids is 2. The van der Waals surface area contributed by atoms with E-state index in [2.05, 4.69) is 26.1 Å². The minimum absolute atomic E-state index is 0.0539. The highest BCUT2D eigenvalue weighted by atomic mass is 16.5. The fourth-order valence-electron chi connectivity index (χ4n) is 3.98. The van der Waals surface area contributed by atoms with Crippen LogP contribution in [0.3, 0.4) is 0 Å². The second-order valence-electron chi connectivity index (χ2n) is 7.63. The van der Waals surface area contributed by atoms with Gasteiger partial charge in [0.2, 0.25) is 17.6 Å². The lowest BCUT2D eigenvalue weighted by Crippen LogP contribution is -2.43. The molecule has 1 saturated carbocycles. The molecule has 0 saturated heterocycles. The van der Waals surface area contributed by atoms with Crippen LogP contribution in [0.2, 0.25) is 0 Å². The minimum Gasteiger partial charge on any atom is -0.359 e. The van der Waals surface area contributed by atoms with Crippen molar-refractivity contribution in [3.05, 3.63) is 72.1 Å². The Labute approximate surface area is 180 Å². The Morgan fingerprint density at radius 1 is 1.03 bits per heavy atom. The van der Waals surface area contributed by atoms with E-state index in [1.807, 2.05) is 60.7 Å². The second kappa shape index (κ2) is 9.42. The summed E-state index contributed by atoms with van der Waals surface area (Å²) in [7, 11) is 1.62. The number of amides is 3. The molecule has 31 heavy (non-hydrogen) atoms. The first-order chi connectivity index (χ1) is 15.1. The quantitative estimate of drug-likeness (QED) is 0.569. The Bertz CT molecular complexity index is 1020. The van der Waals surface area contributed by atoms with Gasteiger partial charge in [-0.2, -0.15) is 4.98 Å². The van der Waals surface area contributed by atoms with E-state index in [1.54, 1.807) is 7.05 Å². The molecule has 3 unspecified atom stereocenters. The van der Waals surface area contributed by atoms with Crippen molar-refractivity contribution in [3.63, 3.8) is 0 Å². The van der Waals surface area contributed by atoms with Gasteiger partial charge in [-0.15, -0.1) is 0 Å². The largest absolute Gasteiger partial charge is 0.359 e. The summed E-state index contributed by atoms with van der Waals surface area (Å²) in [5.41, 5.74) is 1.86. The van der Waals surface area contributed by atoms with Crippen LogP contribution in [0.5, 0.6) is 0 Å². The first kappa shape index (κ1) is 20.6. The Hall–Kier alpha value is -3.68. The smallest absolute Gasteiger partial charge is 0.315 e. The van der Waals surface area contributed by atoms with Crippen LogP contribution in [0.4, 0.5) is 4.79 Å². The van der Waals surface area contributed by atoms with E-state index in [1.165, 1.54) is 0 Å². The maximum Gasteiger partial charge on any atom is 0.315 e. The summed E-state index contributed by atoms with van der Waals surface area (Å²) in [6.07, 6.45) is 1.03. The topological polar surface area (TPSA) is 109 Å². The predicted octanol–water partition coefficient (Wildman–Crippen LogP) is 2.84. The molecule has 8 heteroatoms. The van der Waals surface area contributed by atoms with Crippen LogP contribution in [-0.2, 0) is 11.3 Å². The molecule has 1 fully saturated rings. The van der Waals surface area contributed by atoms with Gasteiger partial charge in [-0.3, -0.25) is 4.79 Å². The third kappa shape index (κ3) is 4.91. The van der Waals surface area contributed by atoms with Gasteiger partial charge >= 0.3 is 6.03 Å². The van der Waals surface area contributed by atoms with Crippen molar-refractivity contribution >= 4 is 11.9 Å². The summed E-state index contributed by atoms with van der Waals surface area (Å²) in [6.45, 7) is 0.418. The zero-order chi connectivity index (χ0) is 21.6. The molecule has 3 amide bonds. The molecular formula is C23H25N5O3. The maximum atomic E-state index is 12.5. The maximum absolute atomic E-state index is 12.5.